The van der Waals surface area contributed by atoms with Crippen molar-refractivity contribution < 1.29 is 19.1 Å². The molecule has 1 N–H and O–H groups in total. The highest BCUT2D eigenvalue weighted by Crippen LogP contribution is 2.14. The van der Waals surface area contributed by atoms with Crippen molar-refractivity contribution in [3.63, 3.8) is 0 Å². The Kier molecular flexibility index (Phi) is 5.71. The highest BCUT2D eigenvalue weighted by atomic mass is 127. The third kappa shape index (κ3) is 4.19. The van der Waals surface area contributed by atoms with E-state index in [4.69, 9.17) is 4.74 Å². The number of amides is 1. The highest BCUT2D eigenvalue weighted by molar-refractivity contribution is 14.1. The van der Waals surface area contributed by atoms with Crippen LogP contribution in [0.2, 0.25) is 0 Å². The van der Waals surface area contributed by atoms with Crippen LogP contribution in [0, 0.1) is 17.4 Å². The molecule has 0 saturated heterocycles. The van der Waals surface area contributed by atoms with Crippen molar-refractivity contribution in [2.75, 3.05) is 11.9 Å². The first-order valence-electron chi connectivity index (χ1n) is 7.06. The Morgan fingerprint density at radius 2 is 1.83 bits per heavy atom. The van der Waals surface area contributed by atoms with Gasteiger partial charge in [-0.15, -0.1) is 0 Å². The fraction of sp³-hybridized carbons (Fsp3) is 0.250. The predicted octanol–water partition coefficient (Wildman–Crippen LogP) is 2.01. The van der Waals surface area contributed by atoms with E-state index in [1.807, 2.05) is 12.1 Å². The molecule has 126 valence electrons. The van der Waals surface area contributed by atoms with E-state index in [2.05, 4.69) is 33.0 Å². The second-order valence-electron chi connectivity index (χ2n) is 5.13. The molecule has 1 aromatic carbocycles. The number of ketones is 1. The summed E-state index contributed by atoms with van der Waals surface area (Å²) in [5.74, 6) is -2.40. The third-order valence-electron chi connectivity index (χ3n) is 3.38. The largest absolute Gasteiger partial charge is 0.450 e. The maximum absolute atomic E-state index is 12.1. The van der Waals surface area contributed by atoms with Gasteiger partial charge in [0.2, 0.25) is 0 Å². The number of hydrogen-bond acceptors (Lipinski definition) is 5. The molecule has 0 unspecified atom stereocenters. The van der Waals surface area contributed by atoms with Crippen LogP contribution in [0.15, 0.2) is 24.3 Å². The Morgan fingerprint density at radius 3 is 2.38 bits per heavy atom. The number of aromatic nitrogens is 2. The van der Waals surface area contributed by atoms with Crippen molar-refractivity contribution in [1.82, 2.24) is 9.78 Å². The van der Waals surface area contributed by atoms with Gasteiger partial charge in [-0.2, -0.15) is 5.10 Å². The maximum Gasteiger partial charge on any atom is 0.380 e. The van der Waals surface area contributed by atoms with E-state index in [1.54, 1.807) is 33.0 Å². The number of aryl methyl sites for hydroxylation is 2. The van der Waals surface area contributed by atoms with E-state index in [0.717, 1.165) is 3.57 Å². The summed E-state index contributed by atoms with van der Waals surface area (Å²) in [5, 5.41) is 6.66. The molecular formula is C16H16IN3O4. The number of halogens is 1. The smallest absolute Gasteiger partial charge is 0.380 e. The predicted molar refractivity (Wildman–Crippen MR) is 95.8 cm³/mol. The van der Waals surface area contributed by atoms with E-state index in [9.17, 15) is 14.4 Å². The van der Waals surface area contributed by atoms with E-state index in [0.29, 0.717) is 17.1 Å². The maximum atomic E-state index is 12.1. The summed E-state index contributed by atoms with van der Waals surface area (Å²) >= 11 is 2.15. The molecule has 0 fully saturated rings. The molecule has 0 atom stereocenters. The average Bonchev–Trinajstić information content (AvgIpc) is 2.79. The molecule has 7 nitrogen and oxygen atoms in total. The molecule has 2 rings (SSSR count). The quantitative estimate of drug-likeness (QED) is 0.332. The second kappa shape index (κ2) is 7.56. The number of nitrogens with one attached hydrogen (secondary N) is 1. The van der Waals surface area contributed by atoms with Gasteiger partial charge in [0.05, 0.1) is 11.3 Å². The van der Waals surface area contributed by atoms with Crippen LogP contribution in [0.25, 0.3) is 0 Å². The number of rotatable bonds is 5. The Morgan fingerprint density at radius 1 is 1.21 bits per heavy atom. The Hall–Kier alpha value is -2.23. The summed E-state index contributed by atoms with van der Waals surface area (Å²) in [7, 11) is 1.68. The Balaban J connectivity index is 1.93. The van der Waals surface area contributed by atoms with Crippen LogP contribution in [-0.2, 0) is 21.4 Å². The molecule has 0 bridgehead atoms. The minimum absolute atomic E-state index is 0.209. The normalized spacial score (nSPS) is 10.3. The van der Waals surface area contributed by atoms with Crippen LogP contribution in [-0.4, -0.2) is 34.0 Å². The number of nitrogens with zero attached hydrogens (tertiary/aromatic N) is 2. The minimum Gasteiger partial charge on any atom is -0.450 e. The third-order valence-corrected chi connectivity index (χ3v) is 4.10. The molecule has 0 aliphatic rings. The summed E-state index contributed by atoms with van der Waals surface area (Å²) in [6.45, 7) is 2.79. The number of benzene rings is 1. The first kappa shape index (κ1) is 18.1. The van der Waals surface area contributed by atoms with Gasteiger partial charge >= 0.3 is 5.97 Å². The number of carbonyl (C=O) groups is 3. The summed E-state index contributed by atoms with van der Waals surface area (Å²) in [5.41, 5.74) is 1.81. The fourth-order valence-corrected chi connectivity index (χ4v) is 2.49. The van der Waals surface area contributed by atoms with Gasteiger partial charge in [0.15, 0.2) is 6.61 Å². The van der Waals surface area contributed by atoms with Crippen molar-refractivity contribution in [3.8, 4) is 0 Å². The zero-order chi connectivity index (χ0) is 17.9. The van der Waals surface area contributed by atoms with Gasteiger partial charge in [-0.3, -0.25) is 14.3 Å². The van der Waals surface area contributed by atoms with Gasteiger partial charge in [-0.25, -0.2) is 4.79 Å². The van der Waals surface area contributed by atoms with Crippen molar-refractivity contribution in [2.24, 2.45) is 7.05 Å². The van der Waals surface area contributed by atoms with Gasteiger partial charge in [0, 0.05) is 22.0 Å². The lowest BCUT2D eigenvalue weighted by Crippen LogP contribution is -2.25. The van der Waals surface area contributed by atoms with E-state index in [1.165, 1.54) is 4.68 Å². The van der Waals surface area contributed by atoms with Gasteiger partial charge in [-0.1, -0.05) is 0 Å². The van der Waals surface area contributed by atoms with Crippen LogP contribution in [0.4, 0.5) is 5.69 Å². The van der Waals surface area contributed by atoms with E-state index < -0.39 is 24.3 Å². The first-order valence-corrected chi connectivity index (χ1v) is 8.14. The molecular weight excluding hydrogens is 425 g/mol. The molecule has 1 heterocycles. The number of carbonyl (C=O) groups excluding carboxylic acids is 3. The summed E-state index contributed by atoms with van der Waals surface area (Å²) in [6, 6.07) is 7.13. The number of esters is 1. The number of Topliss-reactive ketones (excluding diaryl/α,β-unsaturated/α-hetero) is 1. The van der Waals surface area contributed by atoms with Crippen molar-refractivity contribution >= 4 is 45.9 Å². The van der Waals surface area contributed by atoms with Crippen molar-refractivity contribution in [2.45, 2.75) is 13.8 Å². The lowest BCUT2D eigenvalue weighted by molar-refractivity contribution is -0.142. The zero-order valence-corrected chi connectivity index (χ0v) is 15.6. The van der Waals surface area contributed by atoms with Gasteiger partial charge in [0.25, 0.3) is 11.7 Å². The standard InChI is InChI=1S/C16H16IN3O4/c1-9-14(10(2)20(3)19-9)15(22)16(23)24-8-13(21)18-12-6-4-11(17)5-7-12/h4-7H,8H2,1-3H3,(H,18,21). The van der Waals surface area contributed by atoms with Crippen LogP contribution in [0.3, 0.4) is 0 Å². The Labute approximate surface area is 152 Å². The molecule has 0 aliphatic heterocycles. The molecule has 1 aromatic heterocycles. The van der Waals surface area contributed by atoms with Crippen LogP contribution >= 0.6 is 22.6 Å². The summed E-state index contributed by atoms with van der Waals surface area (Å²) < 4.78 is 7.34. The summed E-state index contributed by atoms with van der Waals surface area (Å²) in [6.07, 6.45) is 0. The molecule has 0 saturated carbocycles. The zero-order valence-electron chi connectivity index (χ0n) is 13.4. The van der Waals surface area contributed by atoms with E-state index >= 15 is 0 Å². The van der Waals surface area contributed by atoms with Crippen LogP contribution < -0.4 is 5.32 Å². The average molecular weight is 441 g/mol. The molecule has 0 spiro atoms. The molecule has 0 radical (unpaired) electrons. The monoisotopic (exact) mass is 441 g/mol. The van der Waals surface area contributed by atoms with Gasteiger partial charge in [-0.05, 0) is 60.7 Å². The Bertz CT molecular complexity index is 796. The van der Waals surface area contributed by atoms with Crippen molar-refractivity contribution in [3.05, 3.63) is 44.8 Å². The summed E-state index contributed by atoms with van der Waals surface area (Å²) in [4.78, 5) is 35.8. The minimum atomic E-state index is -1.08. The highest BCUT2D eigenvalue weighted by Gasteiger charge is 2.25. The van der Waals surface area contributed by atoms with Gasteiger partial charge in [0.1, 0.15) is 0 Å². The number of hydrogen-bond donors (Lipinski definition) is 1. The number of ether oxygens (including phenoxy) is 1. The van der Waals surface area contributed by atoms with Crippen LogP contribution in [0.5, 0.6) is 0 Å². The van der Waals surface area contributed by atoms with Crippen molar-refractivity contribution in [1.29, 1.82) is 0 Å². The van der Waals surface area contributed by atoms with Crippen LogP contribution in [0.1, 0.15) is 21.7 Å². The van der Waals surface area contributed by atoms with E-state index in [-0.39, 0.29) is 5.56 Å². The van der Waals surface area contributed by atoms with Gasteiger partial charge < -0.3 is 10.1 Å². The number of anilines is 1. The molecule has 8 heteroatoms. The molecule has 2 aromatic rings. The lowest BCUT2D eigenvalue weighted by Gasteiger charge is -2.06. The SMILES string of the molecule is Cc1nn(C)c(C)c1C(=O)C(=O)OCC(=O)Nc1ccc(I)cc1. The molecule has 1 amide bonds. The first-order chi connectivity index (χ1) is 11.3. The molecule has 24 heavy (non-hydrogen) atoms. The topological polar surface area (TPSA) is 90.3 Å². The molecule has 0 aliphatic carbocycles. The second-order valence-corrected chi connectivity index (χ2v) is 6.38. The fourth-order valence-electron chi connectivity index (χ4n) is 2.13. The lowest BCUT2D eigenvalue weighted by atomic mass is 10.1.